The van der Waals surface area contributed by atoms with E-state index in [4.69, 9.17) is 0 Å². The van der Waals surface area contributed by atoms with Crippen LogP contribution in [0.25, 0.3) is 16.7 Å². The van der Waals surface area contributed by atoms with Gasteiger partial charge >= 0.3 is 0 Å². The Morgan fingerprint density at radius 2 is 1.85 bits per heavy atom. The summed E-state index contributed by atoms with van der Waals surface area (Å²) in [6.07, 6.45) is 1.65. The first-order chi connectivity index (χ1) is 9.58. The molecular weight excluding hydrogens is 250 g/mol. The molecule has 4 heteroatoms. The van der Waals surface area contributed by atoms with E-state index in [-0.39, 0.29) is 5.56 Å². The molecule has 0 spiro atoms. The zero-order chi connectivity index (χ0) is 14.3. The van der Waals surface area contributed by atoms with E-state index >= 15 is 0 Å². The maximum Gasteiger partial charge on any atom is 0.267 e. The van der Waals surface area contributed by atoms with Crippen molar-refractivity contribution in [3.63, 3.8) is 0 Å². The normalized spacial score (nSPS) is 10.9. The highest BCUT2D eigenvalue weighted by Crippen LogP contribution is 2.15. The topological polar surface area (TPSA) is 47.8 Å². The van der Waals surface area contributed by atoms with Crippen LogP contribution < -0.4 is 5.56 Å². The van der Waals surface area contributed by atoms with Crippen molar-refractivity contribution in [1.29, 1.82) is 0 Å². The van der Waals surface area contributed by atoms with Crippen LogP contribution in [0.4, 0.5) is 0 Å². The summed E-state index contributed by atoms with van der Waals surface area (Å²) in [4.78, 5) is 21.2. The van der Waals surface area contributed by atoms with Gasteiger partial charge in [0.25, 0.3) is 5.56 Å². The zero-order valence-electron chi connectivity index (χ0n) is 11.7. The van der Waals surface area contributed by atoms with Crippen molar-refractivity contribution in [1.82, 2.24) is 14.5 Å². The van der Waals surface area contributed by atoms with Crippen LogP contribution >= 0.6 is 0 Å². The van der Waals surface area contributed by atoms with Crippen LogP contribution in [-0.2, 0) is 0 Å². The van der Waals surface area contributed by atoms with Gasteiger partial charge in [0.15, 0.2) is 5.65 Å². The molecule has 0 saturated carbocycles. The summed E-state index contributed by atoms with van der Waals surface area (Å²) in [6.45, 7) is 5.91. The zero-order valence-corrected chi connectivity index (χ0v) is 11.7. The minimum Gasteiger partial charge on any atom is -0.268 e. The largest absolute Gasteiger partial charge is 0.268 e. The van der Waals surface area contributed by atoms with Crippen molar-refractivity contribution in [2.45, 2.75) is 20.8 Å². The number of hydrogen-bond donors (Lipinski definition) is 0. The van der Waals surface area contributed by atoms with Gasteiger partial charge in [-0.3, -0.25) is 9.36 Å². The van der Waals surface area contributed by atoms with E-state index < -0.39 is 0 Å². The van der Waals surface area contributed by atoms with Crippen molar-refractivity contribution in [3.8, 4) is 5.69 Å². The van der Waals surface area contributed by atoms with Crippen LogP contribution in [0.15, 0.2) is 41.3 Å². The third-order valence-corrected chi connectivity index (χ3v) is 3.56. The number of nitrogens with zero attached hydrogens (tertiary/aromatic N) is 3. The third-order valence-electron chi connectivity index (χ3n) is 3.56. The standard InChI is InChI=1S/C16H15N3O/c1-10-6-7-13(9-11(10)2)19-12(3)18-15-14(16(19)20)5-4-8-17-15/h4-9H,1-3H3. The van der Waals surface area contributed by atoms with Crippen molar-refractivity contribution in [3.05, 3.63) is 63.8 Å². The fraction of sp³-hybridized carbons (Fsp3) is 0.188. The predicted molar refractivity (Wildman–Crippen MR) is 79.3 cm³/mol. The molecular formula is C16H15N3O. The predicted octanol–water partition coefficient (Wildman–Crippen LogP) is 2.71. The van der Waals surface area contributed by atoms with Gasteiger partial charge in [-0.2, -0.15) is 0 Å². The summed E-state index contributed by atoms with van der Waals surface area (Å²) < 4.78 is 1.64. The van der Waals surface area contributed by atoms with Gasteiger partial charge in [-0.25, -0.2) is 9.97 Å². The molecule has 2 heterocycles. The average molecular weight is 265 g/mol. The maximum absolute atomic E-state index is 12.6. The Balaban J connectivity index is 2.36. The molecule has 3 aromatic rings. The van der Waals surface area contributed by atoms with Crippen molar-refractivity contribution >= 4 is 11.0 Å². The second kappa shape index (κ2) is 4.56. The molecule has 0 fully saturated rings. The molecule has 0 radical (unpaired) electrons. The lowest BCUT2D eigenvalue weighted by atomic mass is 10.1. The highest BCUT2D eigenvalue weighted by Gasteiger charge is 2.10. The molecule has 0 aliphatic rings. The molecule has 2 aromatic heterocycles. The summed E-state index contributed by atoms with van der Waals surface area (Å²) in [7, 11) is 0. The summed E-state index contributed by atoms with van der Waals surface area (Å²) >= 11 is 0. The highest BCUT2D eigenvalue weighted by atomic mass is 16.1. The first kappa shape index (κ1) is 12.5. The van der Waals surface area contributed by atoms with E-state index in [1.54, 1.807) is 22.9 Å². The summed E-state index contributed by atoms with van der Waals surface area (Å²) in [5.74, 6) is 0.643. The van der Waals surface area contributed by atoms with Crippen LogP contribution in [0, 0.1) is 20.8 Å². The molecule has 0 aliphatic carbocycles. The summed E-state index contributed by atoms with van der Waals surface area (Å²) in [5, 5.41) is 0.538. The van der Waals surface area contributed by atoms with Crippen LogP contribution in [0.5, 0.6) is 0 Å². The van der Waals surface area contributed by atoms with Gasteiger partial charge in [-0.15, -0.1) is 0 Å². The molecule has 0 N–H and O–H groups in total. The second-order valence-corrected chi connectivity index (χ2v) is 4.94. The number of hydrogen-bond acceptors (Lipinski definition) is 3. The Morgan fingerprint density at radius 1 is 1.05 bits per heavy atom. The van der Waals surface area contributed by atoms with E-state index in [1.165, 1.54) is 5.56 Å². The lowest BCUT2D eigenvalue weighted by molar-refractivity contribution is 0.887. The van der Waals surface area contributed by atoms with Gasteiger partial charge < -0.3 is 0 Å². The van der Waals surface area contributed by atoms with Gasteiger partial charge in [0.1, 0.15) is 5.82 Å². The van der Waals surface area contributed by atoms with E-state index in [9.17, 15) is 4.79 Å². The van der Waals surface area contributed by atoms with Gasteiger partial charge in [0, 0.05) is 6.20 Å². The SMILES string of the molecule is Cc1ccc(-n2c(C)nc3ncccc3c2=O)cc1C. The molecule has 0 bridgehead atoms. The smallest absolute Gasteiger partial charge is 0.267 e. The van der Waals surface area contributed by atoms with E-state index in [2.05, 4.69) is 16.9 Å². The fourth-order valence-corrected chi connectivity index (χ4v) is 2.29. The first-order valence-corrected chi connectivity index (χ1v) is 6.50. The maximum atomic E-state index is 12.6. The monoisotopic (exact) mass is 265 g/mol. The number of benzene rings is 1. The molecule has 0 amide bonds. The molecule has 3 rings (SSSR count). The van der Waals surface area contributed by atoms with Crippen molar-refractivity contribution < 1.29 is 0 Å². The number of fused-ring (bicyclic) bond motifs is 1. The minimum atomic E-state index is -0.0798. The van der Waals surface area contributed by atoms with Crippen molar-refractivity contribution in [2.24, 2.45) is 0 Å². The van der Waals surface area contributed by atoms with Crippen molar-refractivity contribution in [2.75, 3.05) is 0 Å². The van der Waals surface area contributed by atoms with Crippen LogP contribution in [0.1, 0.15) is 17.0 Å². The number of rotatable bonds is 1. The quantitative estimate of drug-likeness (QED) is 0.679. The lowest BCUT2D eigenvalue weighted by Gasteiger charge is -2.12. The average Bonchev–Trinajstić information content (AvgIpc) is 2.43. The molecule has 0 aliphatic heterocycles. The molecule has 0 atom stereocenters. The second-order valence-electron chi connectivity index (χ2n) is 4.94. The molecule has 100 valence electrons. The van der Waals surface area contributed by atoms with Crippen LogP contribution in [-0.4, -0.2) is 14.5 Å². The third kappa shape index (κ3) is 1.90. The van der Waals surface area contributed by atoms with E-state index in [1.807, 2.05) is 32.0 Å². The Kier molecular flexibility index (Phi) is 2.86. The summed E-state index contributed by atoms with van der Waals surface area (Å²) in [6, 6.07) is 9.48. The van der Waals surface area contributed by atoms with E-state index in [0.717, 1.165) is 11.3 Å². The van der Waals surface area contributed by atoms with Gasteiger partial charge in [-0.05, 0) is 56.2 Å². The fourth-order valence-electron chi connectivity index (χ4n) is 2.29. The Labute approximate surface area is 116 Å². The van der Waals surface area contributed by atoms with Crippen LogP contribution in [0.2, 0.25) is 0 Å². The van der Waals surface area contributed by atoms with Gasteiger partial charge in [0.2, 0.25) is 0 Å². The summed E-state index contributed by atoms with van der Waals surface area (Å²) in [5.41, 5.74) is 3.61. The minimum absolute atomic E-state index is 0.0798. The number of aromatic nitrogens is 3. The number of aryl methyl sites for hydroxylation is 3. The lowest BCUT2D eigenvalue weighted by Crippen LogP contribution is -2.22. The molecule has 0 unspecified atom stereocenters. The Bertz CT molecular complexity index is 865. The van der Waals surface area contributed by atoms with Gasteiger partial charge in [-0.1, -0.05) is 6.07 Å². The molecule has 4 nitrogen and oxygen atoms in total. The molecule has 0 saturated heterocycles. The Morgan fingerprint density at radius 3 is 2.60 bits per heavy atom. The number of pyridine rings is 1. The molecule has 20 heavy (non-hydrogen) atoms. The highest BCUT2D eigenvalue weighted by molar-refractivity contribution is 5.73. The van der Waals surface area contributed by atoms with E-state index in [0.29, 0.717) is 16.9 Å². The Hall–Kier alpha value is -2.49. The first-order valence-electron chi connectivity index (χ1n) is 6.50. The molecule has 1 aromatic carbocycles. The van der Waals surface area contributed by atoms with Crippen LogP contribution in [0.3, 0.4) is 0 Å². The van der Waals surface area contributed by atoms with Gasteiger partial charge in [0.05, 0.1) is 11.1 Å².